The molecule has 2 aromatic carbocycles. The van der Waals surface area contributed by atoms with Crippen LogP contribution >= 0.6 is 0 Å². The molecule has 2 rings (SSSR count). The Bertz CT molecular complexity index is 568. The Kier molecular flexibility index (Phi) is 2.68. The van der Waals surface area contributed by atoms with Gasteiger partial charge in [-0.25, -0.2) is 0 Å². The molecule has 80 valence electrons. The van der Waals surface area contributed by atoms with Gasteiger partial charge in [0.15, 0.2) is 0 Å². The highest BCUT2D eigenvalue weighted by atomic mass is 16.6. The highest BCUT2D eigenvalue weighted by Crippen LogP contribution is 2.20. The van der Waals surface area contributed by atoms with Gasteiger partial charge in [0.1, 0.15) is 0 Å². The van der Waals surface area contributed by atoms with Gasteiger partial charge in [-0.15, -0.1) is 0 Å². The Morgan fingerprint density at radius 2 is 1.88 bits per heavy atom. The van der Waals surface area contributed by atoms with E-state index in [1.165, 1.54) is 6.92 Å². The van der Waals surface area contributed by atoms with Gasteiger partial charge in [-0.05, 0) is 16.3 Å². The van der Waals surface area contributed by atoms with Gasteiger partial charge in [-0.3, -0.25) is 10.1 Å². The standard InChI is InChI=1S/C13H11NO2/c1-10(14(15)16)9-12-7-4-6-11-5-2-3-8-13(11)12/h2-9H,1H3. The van der Waals surface area contributed by atoms with E-state index >= 15 is 0 Å². The zero-order chi connectivity index (χ0) is 11.5. The van der Waals surface area contributed by atoms with Crippen molar-refractivity contribution in [1.82, 2.24) is 0 Å². The largest absolute Gasteiger partial charge is 0.259 e. The highest BCUT2D eigenvalue weighted by Gasteiger charge is 2.04. The second-order valence-corrected chi connectivity index (χ2v) is 3.61. The van der Waals surface area contributed by atoms with Crippen molar-refractivity contribution >= 4 is 16.8 Å². The summed E-state index contributed by atoms with van der Waals surface area (Å²) in [5, 5.41) is 12.7. The fraction of sp³-hybridized carbons (Fsp3) is 0.0769. The summed E-state index contributed by atoms with van der Waals surface area (Å²) >= 11 is 0. The first-order valence-corrected chi connectivity index (χ1v) is 4.99. The first-order chi connectivity index (χ1) is 7.68. The number of fused-ring (bicyclic) bond motifs is 1. The minimum atomic E-state index is -0.373. The van der Waals surface area contributed by atoms with E-state index in [9.17, 15) is 10.1 Å². The molecule has 0 N–H and O–H groups in total. The number of nitro groups is 1. The van der Waals surface area contributed by atoms with Crippen LogP contribution in [0.3, 0.4) is 0 Å². The van der Waals surface area contributed by atoms with Gasteiger partial charge < -0.3 is 0 Å². The molecule has 0 spiro atoms. The van der Waals surface area contributed by atoms with E-state index in [1.807, 2.05) is 42.5 Å². The van der Waals surface area contributed by atoms with Crippen molar-refractivity contribution in [2.45, 2.75) is 6.92 Å². The molecule has 0 radical (unpaired) electrons. The van der Waals surface area contributed by atoms with E-state index in [0.29, 0.717) is 0 Å². The predicted octanol–water partition coefficient (Wildman–Crippen LogP) is 3.48. The van der Waals surface area contributed by atoms with Crippen LogP contribution in [0.5, 0.6) is 0 Å². The number of rotatable bonds is 2. The van der Waals surface area contributed by atoms with Gasteiger partial charge in [0.2, 0.25) is 5.70 Å². The maximum Gasteiger partial charge on any atom is 0.243 e. The molecule has 3 heteroatoms. The number of nitrogens with zero attached hydrogens (tertiary/aromatic N) is 1. The molecule has 2 aromatic rings. The molecule has 0 unspecified atom stereocenters. The van der Waals surface area contributed by atoms with E-state index in [-0.39, 0.29) is 10.6 Å². The van der Waals surface area contributed by atoms with Crippen molar-refractivity contribution in [3.8, 4) is 0 Å². The molecule has 0 aliphatic heterocycles. The van der Waals surface area contributed by atoms with Crippen LogP contribution in [0.4, 0.5) is 0 Å². The van der Waals surface area contributed by atoms with E-state index in [4.69, 9.17) is 0 Å². The van der Waals surface area contributed by atoms with E-state index in [2.05, 4.69) is 0 Å². The third kappa shape index (κ3) is 1.93. The molecular weight excluding hydrogens is 202 g/mol. The van der Waals surface area contributed by atoms with Crippen LogP contribution in [0.2, 0.25) is 0 Å². The van der Waals surface area contributed by atoms with Crippen molar-refractivity contribution in [3.63, 3.8) is 0 Å². The average molecular weight is 213 g/mol. The first kappa shape index (κ1) is 10.4. The second-order valence-electron chi connectivity index (χ2n) is 3.61. The third-order valence-corrected chi connectivity index (χ3v) is 2.48. The lowest BCUT2D eigenvalue weighted by atomic mass is 10.0. The van der Waals surface area contributed by atoms with Gasteiger partial charge in [0.05, 0.1) is 4.92 Å². The minimum Gasteiger partial charge on any atom is -0.259 e. The summed E-state index contributed by atoms with van der Waals surface area (Å²) in [5.41, 5.74) is 1.03. The molecule has 0 fully saturated rings. The molecule has 0 aliphatic carbocycles. The first-order valence-electron chi connectivity index (χ1n) is 4.99. The fourth-order valence-corrected chi connectivity index (χ4v) is 1.65. The van der Waals surface area contributed by atoms with Crippen LogP contribution in [-0.4, -0.2) is 4.92 Å². The molecule has 0 saturated carbocycles. The Morgan fingerprint density at radius 1 is 1.19 bits per heavy atom. The summed E-state index contributed by atoms with van der Waals surface area (Å²) in [6.07, 6.45) is 1.60. The number of allylic oxidation sites excluding steroid dienone is 1. The molecule has 3 nitrogen and oxygen atoms in total. The van der Waals surface area contributed by atoms with Gasteiger partial charge in [-0.1, -0.05) is 42.5 Å². The van der Waals surface area contributed by atoms with E-state index in [1.54, 1.807) is 6.08 Å². The zero-order valence-electron chi connectivity index (χ0n) is 8.88. The molecule has 16 heavy (non-hydrogen) atoms. The minimum absolute atomic E-state index is 0.149. The highest BCUT2D eigenvalue weighted by molar-refractivity contribution is 5.90. The van der Waals surface area contributed by atoms with Crippen LogP contribution < -0.4 is 0 Å². The van der Waals surface area contributed by atoms with Crippen LogP contribution in [0.1, 0.15) is 12.5 Å². The van der Waals surface area contributed by atoms with Gasteiger partial charge in [-0.2, -0.15) is 0 Å². The molecule has 0 aliphatic rings. The third-order valence-electron chi connectivity index (χ3n) is 2.48. The molecule has 0 saturated heterocycles. The molecule has 0 atom stereocenters. The quantitative estimate of drug-likeness (QED) is 0.566. The average Bonchev–Trinajstić information content (AvgIpc) is 2.29. The van der Waals surface area contributed by atoms with Gasteiger partial charge in [0.25, 0.3) is 0 Å². The van der Waals surface area contributed by atoms with Crippen molar-refractivity contribution in [3.05, 3.63) is 63.8 Å². The summed E-state index contributed by atoms with van der Waals surface area (Å²) < 4.78 is 0. The van der Waals surface area contributed by atoms with Crippen LogP contribution in [0, 0.1) is 10.1 Å². The Balaban J connectivity index is 2.61. The maximum absolute atomic E-state index is 10.6. The number of hydrogen-bond acceptors (Lipinski definition) is 2. The lowest BCUT2D eigenvalue weighted by Crippen LogP contribution is -1.93. The van der Waals surface area contributed by atoms with Crippen LogP contribution in [0.25, 0.3) is 16.8 Å². The van der Waals surface area contributed by atoms with E-state index < -0.39 is 0 Å². The molecule has 0 amide bonds. The van der Waals surface area contributed by atoms with Crippen LogP contribution in [-0.2, 0) is 0 Å². The predicted molar refractivity (Wildman–Crippen MR) is 64.6 cm³/mol. The van der Waals surface area contributed by atoms with Crippen LogP contribution in [0.15, 0.2) is 48.2 Å². The molecular formula is C13H11NO2. The van der Waals surface area contributed by atoms with Gasteiger partial charge >= 0.3 is 0 Å². The van der Waals surface area contributed by atoms with Crippen molar-refractivity contribution in [1.29, 1.82) is 0 Å². The summed E-state index contributed by atoms with van der Waals surface area (Å²) in [6.45, 7) is 1.50. The summed E-state index contributed by atoms with van der Waals surface area (Å²) in [4.78, 5) is 10.2. The van der Waals surface area contributed by atoms with Gasteiger partial charge in [0, 0.05) is 13.0 Å². The number of hydrogen-bond donors (Lipinski definition) is 0. The lowest BCUT2D eigenvalue weighted by Gasteiger charge is -2.01. The normalized spacial score (nSPS) is 11.7. The van der Waals surface area contributed by atoms with E-state index in [0.717, 1.165) is 16.3 Å². The summed E-state index contributed by atoms with van der Waals surface area (Å²) in [5.74, 6) is 0. The fourth-order valence-electron chi connectivity index (χ4n) is 1.65. The van der Waals surface area contributed by atoms with Crippen molar-refractivity contribution < 1.29 is 4.92 Å². The SMILES string of the molecule is CC(=Cc1cccc2ccccc12)[N+](=O)[O-]. The second kappa shape index (κ2) is 4.14. The van der Waals surface area contributed by atoms with Crippen molar-refractivity contribution in [2.24, 2.45) is 0 Å². The Labute approximate surface area is 93.2 Å². The molecule has 0 aromatic heterocycles. The topological polar surface area (TPSA) is 43.1 Å². The molecule has 0 heterocycles. The smallest absolute Gasteiger partial charge is 0.243 e. The van der Waals surface area contributed by atoms with Crippen molar-refractivity contribution in [2.75, 3.05) is 0 Å². The number of benzene rings is 2. The maximum atomic E-state index is 10.6. The zero-order valence-corrected chi connectivity index (χ0v) is 8.88. The Hall–Kier alpha value is -2.16. The Morgan fingerprint density at radius 3 is 2.62 bits per heavy atom. The lowest BCUT2D eigenvalue weighted by molar-refractivity contribution is -0.422. The summed E-state index contributed by atoms with van der Waals surface area (Å²) in [7, 11) is 0. The molecule has 0 bridgehead atoms. The monoisotopic (exact) mass is 213 g/mol. The summed E-state index contributed by atoms with van der Waals surface area (Å²) in [6, 6.07) is 13.6.